The number of hydrogen-bond acceptors (Lipinski definition) is 6. The summed E-state index contributed by atoms with van der Waals surface area (Å²) in [4.78, 5) is 28.4. The van der Waals surface area contributed by atoms with Crippen molar-refractivity contribution in [1.29, 1.82) is 0 Å². The van der Waals surface area contributed by atoms with E-state index in [-0.39, 0.29) is 12.0 Å². The van der Waals surface area contributed by atoms with Crippen LogP contribution in [0.2, 0.25) is 0 Å². The van der Waals surface area contributed by atoms with Crippen LogP contribution in [0.4, 0.5) is 5.13 Å². The maximum absolute atomic E-state index is 12.4. The quantitative estimate of drug-likeness (QED) is 0.633. The lowest BCUT2D eigenvalue weighted by Crippen LogP contribution is -2.12. The minimum Gasteiger partial charge on any atom is -0.491 e. The van der Waals surface area contributed by atoms with Gasteiger partial charge in [0.1, 0.15) is 5.75 Å². The van der Waals surface area contributed by atoms with Gasteiger partial charge in [-0.25, -0.2) is 9.78 Å². The molecule has 0 saturated carbocycles. The zero-order valence-electron chi connectivity index (χ0n) is 15.3. The normalized spacial score (nSPS) is 11.8. The minimum absolute atomic E-state index is 0.127. The number of carbonyl (C=O) groups is 2. The molecule has 0 fully saturated rings. The van der Waals surface area contributed by atoms with Crippen molar-refractivity contribution in [1.82, 2.24) is 4.98 Å². The number of aromatic nitrogens is 1. The van der Waals surface area contributed by atoms with E-state index in [4.69, 9.17) is 9.47 Å². The SMILES string of the molecule is CC[C@@H](C)Oc1ccc(C(=O)Nc2nc3ccc(C(=O)OC)cc3s2)cc1. The van der Waals surface area contributed by atoms with Gasteiger partial charge in [-0.05, 0) is 55.8 Å². The topological polar surface area (TPSA) is 77.5 Å². The van der Waals surface area contributed by atoms with Crippen LogP contribution in [0.1, 0.15) is 41.0 Å². The highest BCUT2D eigenvalue weighted by atomic mass is 32.1. The van der Waals surface area contributed by atoms with Crippen LogP contribution in [0, 0.1) is 0 Å². The molecule has 0 aliphatic carbocycles. The molecule has 0 spiro atoms. The highest BCUT2D eigenvalue weighted by Gasteiger charge is 2.13. The highest BCUT2D eigenvalue weighted by Crippen LogP contribution is 2.27. The van der Waals surface area contributed by atoms with E-state index >= 15 is 0 Å². The number of methoxy groups -OCH3 is 1. The average Bonchev–Trinajstić information content (AvgIpc) is 3.09. The molecule has 2 aromatic carbocycles. The summed E-state index contributed by atoms with van der Waals surface area (Å²) in [5.74, 6) is 0.0733. The fourth-order valence-corrected chi connectivity index (χ4v) is 3.29. The van der Waals surface area contributed by atoms with Gasteiger partial charge in [0.05, 0.1) is 29.0 Å². The first kappa shape index (κ1) is 18.8. The molecule has 0 saturated heterocycles. The fraction of sp³-hybridized carbons (Fsp3) is 0.250. The van der Waals surface area contributed by atoms with Crippen molar-refractivity contribution in [3.05, 3.63) is 53.6 Å². The molecule has 3 aromatic rings. The maximum Gasteiger partial charge on any atom is 0.337 e. The standard InChI is InChI=1S/C20H20N2O4S/c1-4-12(2)26-15-8-5-13(6-9-15)18(23)22-20-21-16-10-7-14(19(24)25-3)11-17(16)27-20/h5-12H,4H2,1-3H3,(H,21,22,23)/t12-/m1/s1. The number of rotatable bonds is 6. The number of ether oxygens (including phenoxy) is 2. The molecule has 1 heterocycles. The van der Waals surface area contributed by atoms with Crippen LogP contribution in [0.15, 0.2) is 42.5 Å². The molecule has 27 heavy (non-hydrogen) atoms. The summed E-state index contributed by atoms with van der Waals surface area (Å²) >= 11 is 1.30. The number of nitrogens with zero attached hydrogens (tertiary/aromatic N) is 1. The largest absolute Gasteiger partial charge is 0.491 e. The molecule has 1 amide bonds. The van der Waals surface area contributed by atoms with E-state index in [9.17, 15) is 9.59 Å². The first-order valence-electron chi connectivity index (χ1n) is 8.57. The molecular formula is C20H20N2O4S. The van der Waals surface area contributed by atoms with Gasteiger partial charge in [0, 0.05) is 5.56 Å². The van der Waals surface area contributed by atoms with Crippen LogP contribution in [0.3, 0.4) is 0 Å². The second kappa shape index (κ2) is 8.18. The molecule has 140 valence electrons. The van der Waals surface area contributed by atoms with Crippen LogP contribution >= 0.6 is 11.3 Å². The number of carbonyl (C=O) groups excluding carboxylic acids is 2. The third-order valence-electron chi connectivity index (χ3n) is 4.06. The number of esters is 1. The minimum atomic E-state index is -0.407. The third-order valence-corrected chi connectivity index (χ3v) is 4.99. The smallest absolute Gasteiger partial charge is 0.337 e. The molecule has 0 aliphatic heterocycles. The van der Waals surface area contributed by atoms with E-state index < -0.39 is 5.97 Å². The van der Waals surface area contributed by atoms with Crippen molar-refractivity contribution < 1.29 is 19.1 Å². The lowest BCUT2D eigenvalue weighted by atomic mass is 10.2. The average molecular weight is 384 g/mol. The number of hydrogen-bond donors (Lipinski definition) is 1. The highest BCUT2D eigenvalue weighted by molar-refractivity contribution is 7.22. The molecule has 7 heteroatoms. The number of nitrogens with one attached hydrogen (secondary N) is 1. The van der Waals surface area contributed by atoms with Crippen molar-refractivity contribution in [2.45, 2.75) is 26.4 Å². The van der Waals surface area contributed by atoms with Crippen molar-refractivity contribution in [2.24, 2.45) is 0 Å². The maximum atomic E-state index is 12.4. The van der Waals surface area contributed by atoms with Crippen molar-refractivity contribution in [3.8, 4) is 5.75 Å². The first-order valence-corrected chi connectivity index (χ1v) is 9.38. The van der Waals surface area contributed by atoms with Crippen LogP contribution < -0.4 is 10.1 Å². The summed E-state index contributed by atoms with van der Waals surface area (Å²) in [5, 5.41) is 3.26. The summed E-state index contributed by atoms with van der Waals surface area (Å²) in [6.07, 6.45) is 1.04. The van der Waals surface area contributed by atoms with E-state index in [0.717, 1.165) is 16.9 Å². The van der Waals surface area contributed by atoms with Crippen molar-refractivity contribution >= 4 is 38.6 Å². The third kappa shape index (κ3) is 4.43. The molecule has 1 N–H and O–H groups in total. The lowest BCUT2D eigenvalue weighted by Gasteiger charge is -2.12. The molecule has 0 radical (unpaired) electrons. The summed E-state index contributed by atoms with van der Waals surface area (Å²) in [7, 11) is 1.34. The summed E-state index contributed by atoms with van der Waals surface area (Å²) in [5.41, 5.74) is 1.67. The van der Waals surface area contributed by atoms with Gasteiger partial charge in [-0.1, -0.05) is 18.3 Å². The Kier molecular flexibility index (Phi) is 5.71. The second-order valence-electron chi connectivity index (χ2n) is 6.01. The Hall–Kier alpha value is -2.93. The number of benzene rings is 2. The molecule has 1 aromatic heterocycles. The number of anilines is 1. The molecule has 6 nitrogen and oxygen atoms in total. The van der Waals surface area contributed by atoms with Crippen molar-refractivity contribution in [2.75, 3.05) is 12.4 Å². The lowest BCUT2D eigenvalue weighted by molar-refractivity contribution is 0.0601. The van der Waals surface area contributed by atoms with Gasteiger partial charge < -0.3 is 9.47 Å². The van der Waals surface area contributed by atoms with Crippen LogP contribution in [0.25, 0.3) is 10.2 Å². The molecule has 0 aliphatic rings. The fourth-order valence-electron chi connectivity index (χ4n) is 2.39. The molecule has 0 unspecified atom stereocenters. The van der Waals surface area contributed by atoms with E-state index in [1.54, 1.807) is 42.5 Å². The summed E-state index contributed by atoms with van der Waals surface area (Å²) in [6.45, 7) is 4.05. The number of amides is 1. The van der Waals surface area contributed by atoms with Gasteiger partial charge in [-0.2, -0.15) is 0 Å². The predicted molar refractivity (Wildman–Crippen MR) is 106 cm³/mol. The predicted octanol–water partition coefficient (Wildman–Crippen LogP) is 4.51. The Morgan fingerprint density at radius 3 is 2.52 bits per heavy atom. The molecular weight excluding hydrogens is 364 g/mol. The van der Waals surface area contributed by atoms with Crippen LogP contribution in [-0.4, -0.2) is 30.1 Å². The Bertz CT molecular complexity index is 966. The Labute approximate surface area is 161 Å². The summed E-state index contributed by atoms with van der Waals surface area (Å²) < 4.78 is 11.2. The van der Waals surface area contributed by atoms with Crippen LogP contribution in [-0.2, 0) is 4.74 Å². The first-order chi connectivity index (χ1) is 13.0. The van der Waals surface area contributed by atoms with Crippen LogP contribution in [0.5, 0.6) is 5.75 Å². The van der Waals surface area contributed by atoms with Crippen molar-refractivity contribution in [3.63, 3.8) is 0 Å². The summed E-state index contributed by atoms with van der Waals surface area (Å²) in [6, 6.07) is 12.1. The zero-order chi connectivity index (χ0) is 19.4. The van der Waals surface area contributed by atoms with Gasteiger partial charge in [0.2, 0.25) is 0 Å². The van der Waals surface area contributed by atoms with E-state index in [0.29, 0.717) is 21.8 Å². The monoisotopic (exact) mass is 384 g/mol. The van der Waals surface area contributed by atoms with Gasteiger partial charge in [-0.15, -0.1) is 0 Å². The van der Waals surface area contributed by atoms with E-state index in [1.807, 2.05) is 6.92 Å². The van der Waals surface area contributed by atoms with E-state index in [1.165, 1.54) is 18.4 Å². The van der Waals surface area contributed by atoms with Gasteiger partial charge in [-0.3, -0.25) is 10.1 Å². The number of fused-ring (bicyclic) bond motifs is 1. The molecule has 0 bridgehead atoms. The van der Waals surface area contributed by atoms with Gasteiger partial charge >= 0.3 is 5.97 Å². The van der Waals surface area contributed by atoms with Gasteiger partial charge in [0.25, 0.3) is 5.91 Å². The Balaban J connectivity index is 1.72. The molecule has 3 rings (SSSR count). The Morgan fingerprint density at radius 1 is 1.15 bits per heavy atom. The Morgan fingerprint density at radius 2 is 1.85 bits per heavy atom. The second-order valence-corrected chi connectivity index (χ2v) is 7.04. The number of thiazole rings is 1. The zero-order valence-corrected chi connectivity index (χ0v) is 16.1. The van der Waals surface area contributed by atoms with Gasteiger partial charge in [0.15, 0.2) is 5.13 Å². The van der Waals surface area contributed by atoms with E-state index in [2.05, 4.69) is 17.2 Å². The molecule has 1 atom stereocenters.